The van der Waals surface area contributed by atoms with E-state index in [2.05, 4.69) is 97.0 Å². The molecule has 1 aliphatic heterocycles. The quantitative estimate of drug-likeness (QED) is 0.191. The average Bonchev–Trinajstić information content (AvgIpc) is 3.21. The normalized spacial score (nSPS) is 14.2. The standard InChI is InChI=1S/C34H42N2O2/c1-4-5-22-37-31-17-18-33-32(24-31)27(3)34(29-13-9-26(2)10-14-29)36(33)25-28-11-15-30(16-12-28)38-23-21-35-19-7-6-8-20-35/h9-18,24H,4-8,19-23,25H2,1-3H3. The molecule has 1 aliphatic rings. The van der Waals surface area contributed by atoms with Crippen molar-refractivity contribution < 1.29 is 9.47 Å². The second-order valence-corrected chi connectivity index (χ2v) is 10.7. The van der Waals surface area contributed by atoms with Crippen molar-refractivity contribution in [3.8, 4) is 22.8 Å². The minimum atomic E-state index is 0.751. The van der Waals surface area contributed by atoms with Gasteiger partial charge < -0.3 is 14.0 Å². The number of aryl methyl sites for hydroxylation is 2. The minimum Gasteiger partial charge on any atom is -0.494 e. The predicted molar refractivity (Wildman–Crippen MR) is 159 cm³/mol. The van der Waals surface area contributed by atoms with Gasteiger partial charge in [-0.15, -0.1) is 0 Å². The molecule has 4 aromatic rings. The summed E-state index contributed by atoms with van der Waals surface area (Å²) in [5.74, 6) is 1.90. The Morgan fingerprint density at radius 2 is 1.47 bits per heavy atom. The number of fused-ring (bicyclic) bond motifs is 1. The fourth-order valence-electron chi connectivity index (χ4n) is 5.52. The molecule has 38 heavy (non-hydrogen) atoms. The molecule has 3 aromatic carbocycles. The van der Waals surface area contributed by atoms with Gasteiger partial charge in [-0.1, -0.05) is 61.7 Å². The number of hydrogen-bond donors (Lipinski definition) is 0. The van der Waals surface area contributed by atoms with Gasteiger partial charge >= 0.3 is 0 Å². The maximum atomic E-state index is 6.08. The molecule has 0 unspecified atom stereocenters. The third-order valence-corrected chi connectivity index (χ3v) is 7.77. The first-order valence-corrected chi connectivity index (χ1v) is 14.4. The van der Waals surface area contributed by atoms with Crippen LogP contribution in [0.2, 0.25) is 0 Å². The molecule has 0 N–H and O–H groups in total. The maximum absolute atomic E-state index is 6.08. The summed E-state index contributed by atoms with van der Waals surface area (Å²) in [4.78, 5) is 2.52. The van der Waals surface area contributed by atoms with E-state index in [1.807, 2.05) is 0 Å². The first-order valence-electron chi connectivity index (χ1n) is 14.4. The molecule has 4 heteroatoms. The molecule has 1 aromatic heterocycles. The van der Waals surface area contributed by atoms with E-state index in [1.54, 1.807) is 0 Å². The molecular formula is C34H42N2O2. The van der Waals surface area contributed by atoms with E-state index >= 15 is 0 Å². The highest BCUT2D eigenvalue weighted by atomic mass is 16.5. The molecule has 5 rings (SSSR count). The van der Waals surface area contributed by atoms with Crippen LogP contribution >= 0.6 is 0 Å². The summed E-state index contributed by atoms with van der Waals surface area (Å²) < 4.78 is 14.6. The Hall–Kier alpha value is -3.24. The SMILES string of the molecule is CCCCOc1ccc2c(c1)c(C)c(-c1ccc(C)cc1)n2Cc1ccc(OCCN2CCCCC2)cc1. The molecule has 1 saturated heterocycles. The Bertz CT molecular complexity index is 1320. The second kappa shape index (κ2) is 12.5. The molecule has 0 saturated carbocycles. The van der Waals surface area contributed by atoms with Crippen molar-refractivity contribution in [2.75, 3.05) is 32.8 Å². The zero-order chi connectivity index (χ0) is 26.3. The summed E-state index contributed by atoms with van der Waals surface area (Å²) in [5.41, 5.74) is 7.59. The zero-order valence-electron chi connectivity index (χ0n) is 23.3. The van der Waals surface area contributed by atoms with Gasteiger partial charge in [-0.25, -0.2) is 0 Å². The van der Waals surface area contributed by atoms with E-state index in [9.17, 15) is 0 Å². The topological polar surface area (TPSA) is 26.6 Å². The van der Waals surface area contributed by atoms with E-state index in [0.717, 1.165) is 50.6 Å². The van der Waals surface area contributed by atoms with E-state index < -0.39 is 0 Å². The fourth-order valence-corrected chi connectivity index (χ4v) is 5.52. The van der Waals surface area contributed by atoms with Crippen LogP contribution in [-0.2, 0) is 6.54 Å². The lowest BCUT2D eigenvalue weighted by Gasteiger charge is -2.26. The maximum Gasteiger partial charge on any atom is 0.120 e. The summed E-state index contributed by atoms with van der Waals surface area (Å²) >= 11 is 0. The van der Waals surface area contributed by atoms with Crippen LogP contribution in [0.15, 0.2) is 66.7 Å². The molecule has 4 nitrogen and oxygen atoms in total. The molecule has 0 atom stereocenters. The molecular weight excluding hydrogens is 468 g/mol. The largest absolute Gasteiger partial charge is 0.494 e. The molecule has 200 valence electrons. The number of nitrogens with zero attached hydrogens (tertiary/aromatic N) is 2. The molecule has 2 heterocycles. The highest BCUT2D eigenvalue weighted by Gasteiger charge is 2.17. The van der Waals surface area contributed by atoms with Crippen molar-refractivity contribution in [2.24, 2.45) is 0 Å². The summed E-state index contributed by atoms with van der Waals surface area (Å²) in [6.07, 6.45) is 6.22. The average molecular weight is 511 g/mol. The van der Waals surface area contributed by atoms with Crippen LogP contribution in [0.5, 0.6) is 11.5 Å². The third-order valence-electron chi connectivity index (χ3n) is 7.77. The summed E-state index contributed by atoms with van der Waals surface area (Å²) in [7, 11) is 0. The summed E-state index contributed by atoms with van der Waals surface area (Å²) in [5, 5.41) is 1.26. The van der Waals surface area contributed by atoms with Gasteiger partial charge in [0.2, 0.25) is 0 Å². The highest BCUT2D eigenvalue weighted by molar-refractivity contribution is 5.92. The third kappa shape index (κ3) is 6.24. The number of ether oxygens (including phenoxy) is 2. The van der Waals surface area contributed by atoms with Crippen LogP contribution < -0.4 is 9.47 Å². The first kappa shape index (κ1) is 26.4. The minimum absolute atomic E-state index is 0.751. The van der Waals surface area contributed by atoms with E-state index in [-0.39, 0.29) is 0 Å². The summed E-state index contributed by atoms with van der Waals surface area (Å²) in [6.45, 7) is 12.3. The summed E-state index contributed by atoms with van der Waals surface area (Å²) in [6, 6.07) is 24.1. The number of piperidine rings is 1. The van der Waals surface area contributed by atoms with Crippen molar-refractivity contribution in [3.05, 3.63) is 83.4 Å². The molecule has 1 fully saturated rings. The van der Waals surface area contributed by atoms with Crippen molar-refractivity contribution in [1.82, 2.24) is 9.47 Å². The predicted octanol–water partition coefficient (Wildman–Crippen LogP) is 8.02. The number of hydrogen-bond acceptors (Lipinski definition) is 3. The van der Waals surface area contributed by atoms with Crippen LogP contribution in [0.4, 0.5) is 0 Å². The van der Waals surface area contributed by atoms with E-state index in [0.29, 0.717) is 0 Å². The Labute approximate surface area is 228 Å². The Morgan fingerprint density at radius 3 is 2.21 bits per heavy atom. The molecule has 0 amide bonds. The van der Waals surface area contributed by atoms with Crippen LogP contribution in [0.25, 0.3) is 22.2 Å². The van der Waals surface area contributed by atoms with Gasteiger partial charge in [0.05, 0.1) is 12.3 Å². The van der Waals surface area contributed by atoms with Gasteiger partial charge in [-0.05, 0) is 93.2 Å². The van der Waals surface area contributed by atoms with Crippen LogP contribution in [-0.4, -0.2) is 42.3 Å². The van der Waals surface area contributed by atoms with E-state index in [1.165, 1.54) is 71.2 Å². The number of rotatable bonds is 11. The van der Waals surface area contributed by atoms with Gasteiger partial charge in [0.25, 0.3) is 0 Å². The number of aromatic nitrogens is 1. The monoisotopic (exact) mass is 510 g/mol. The van der Waals surface area contributed by atoms with Crippen LogP contribution in [0, 0.1) is 13.8 Å². The van der Waals surface area contributed by atoms with Crippen LogP contribution in [0.3, 0.4) is 0 Å². The Balaban J connectivity index is 1.38. The fraction of sp³-hybridized carbons (Fsp3) is 0.412. The van der Waals surface area contributed by atoms with Crippen molar-refractivity contribution >= 4 is 10.9 Å². The van der Waals surface area contributed by atoms with Gasteiger partial charge in [0, 0.05) is 24.0 Å². The van der Waals surface area contributed by atoms with Gasteiger partial charge in [0.1, 0.15) is 18.1 Å². The number of benzene rings is 3. The lowest BCUT2D eigenvalue weighted by atomic mass is 10.0. The van der Waals surface area contributed by atoms with Gasteiger partial charge in [0.15, 0.2) is 0 Å². The zero-order valence-corrected chi connectivity index (χ0v) is 23.3. The van der Waals surface area contributed by atoms with Crippen molar-refractivity contribution in [3.63, 3.8) is 0 Å². The van der Waals surface area contributed by atoms with Crippen LogP contribution in [0.1, 0.15) is 55.7 Å². The highest BCUT2D eigenvalue weighted by Crippen LogP contribution is 2.36. The molecule has 0 radical (unpaired) electrons. The van der Waals surface area contributed by atoms with Gasteiger partial charge in [-0.3, -0.25) is 4.90 Å². The first-order chi connectivity index (χ1) is 18.6. The second-order valence-electron chi connectivity index (χ2n) is 10.7. The lowest BCUT2D eigenvalue weighted by molar-refractivity contribution is 0.183. The smallest absolute Gasteiger partial charge is 0.120 e. The number of likely N-dealkylation sites (tertiary alicyclic amines) is 1. The Kier molecular flexibility index (Phi) is 8.70. The van der Waals surface area contributed by atoms with Gasteiger partial charge in [-0.2, -0.15) is 0 Å². The molecule has 0 spiro atoms. The van der Waals surface area contributed by atoms with Crippen molar-refractivity contribution in [1.29, 1.82) is 0 Å². The molecule has 0 bridgehead atoms. The molecule has 0 aliphatic carbocycles. The van der Waals surface area contributed by atoms with Crippen molar-refractivity contribution in [2.45, 2.75) is 59.4 Å². The Morgan fingerprint density at radius 1 is 0.763 bits per heavy atom. The lowest BCUT2D eigenvalue weighted by Crippen LogP contribution is -2.33. The number of unbranched alkanes of at least 4 members (excludes halogenated alkanes) is 1. The van der Waals surface area contributed by atoms with E-state index in [4.69, 9.17) is 9.47 Å².